The predicted octanol–water partition coefficient (Wildman–Crippen LogP) is 5.95. The van der Waals surface area contributed by atoms with E-state index in [0.29, 0.717) is 22.7 Å². The molecule has 0 saturated heterocycles. The Morgan fingerprint density at radius 2 is 1.55 bits per heavy atom. The largest absolute Gasteiger partial charge is 0.349 e. The first-order valence-electron chi connectivity index (χ1n) is 10.1. The van der Waals surface area contributed by atoms with Crippen molar-refractivity contribution >= 4 is 33.7 Å². The van der Waals surface area contributed by atoms with E-state index in [1.54, 1.807) is 22.4 Å². The number of nitrogens with one attached hydrogen (secondary N) is 1. The molecule has 1 N–H and O–H groups in total. The Labute approximate surface area is 184 Å². The molecule has 5 rings (SSSR count). The van der Waals surface area contributed by atoms with Crippen LogP contribution in [0.3, 0.4) is 0 Å². The van der Waals surface area contributed by atoms with Gasteiger partial charge >= 0.3 is 0 Å². The van der Waals surface area contributed by atoms with Crippen molar-refractivity contribution in [2.24, 2.45) is 0 Å². The summed E-state index contributed by atoms with van der Waals surface area (Å²) >= 11 is 1.59. The first-order valence-corrected chi connectivity index (χ1v) is 11.0. The van der Waals surface area contributed by atoms with Crippen LogP contribution in [-0.2, 0) is 6.54 Å². The maximum absolute atomic E-state index is 13.4. The van der Waals surface area contributed by atoms with E-state index in [0.717, 1.165) is 22.0 Å². The highest BCUT2D eigenvalue weighted by Gasteiger charge is 2.21. The van der Waals surface area contributed by atoms with E-state index >= 15 is 0 Å². The van der Waals surface area contributed by atoms with Crippen molar-refractivity contribution in [3.63, 3.8) is 0 Å². The third-order valence-electron chi connectivity index (χ3n) is 5.32. The lowest BCUT2D eigenvalue weighted by Gasteiger charge is -2.19. The van der Waals surface area contributed by atoms with Crippen LogP contribution >= 0.6 is 11.8 Å². The fraction of sp³-hybridized carbons (Fsp3) is 0.0769. The monoisotopic (exact) mass is 423 g/mol. The lowest BCUT2D eigenvalue weighted by atomic mass is 10.0. The Balaban J connectivity index is 1.72. The molecule has 0 radical (unpaired) electrons. The Morgan fingerprint density at radius 1 is 0.935 bits per heavy atom. The summed E-state index contributed by atoms with van der Waals surface area (Å²) in [6, 6.07) is 28.5. The minimum absolute atomic E-state index is 0.00743. The number of benzene rings is 3. The third kappa shape index (κ3) is 3.57. The number of hydrogen-bond acceptors (Lipinski definition) is 3. The first kappa shape index (κ1) is 19.4. The summed E-state index contributed by atoms with van der Waals surface area (Å²) < 4.78 is 1.70. The average molecular weight is 424 g/mol. The molecule has 0 spiro atoms. The van der Waals surface area contributed by atoms with Gasteiger partial charge in [0.15, 0.2) is 5.16 Å². The van der Waals surface area contributed by atoms with Gasteiger partial charge in [0.25, 0.3) is 5.56 Å². The number of rotatable bonds is 6. The third-order valence-corrected chi connectivity index (χ3v) is 6.62. The molecule has 4 nitrogen and oxygen atoms in total. The maximum atomic E-state index is 13.4. The lowest BCUT2D eigenvalue weighted by Crippen LogP contribution is -2.23. The zero-order chi connectivity index (χ0) is 21.2. The van der Waals surface area contributed by atoms with Crippen molar-refractivity contribution in [3.8, 4) is 0 Å². The van der Waals surface area contributed by atoms with Crippen LogP contribution in [0.1, 0.15) is 16.4 Å². The average Bonchev–Trinajstić information content (AvgIpc) is 3.20. The lowest BCUT2D eigenvalue weighted by molar-refractivity contribution is 0.669. The van der Waals surface area contributed by atoms with Crippen LogP contribution in [0, 0.1) is 0 Å². The molecular formula is C26H21N3OS. The van der Waals surface area contributed by atoms with Gasteiger partial charge in [0.2, 0.25) is 0 Å². The normalized spacial score (nSPS) is 11.4. The molecule has 0 amide bonds. The van der Waals surface area contributed by atoms with Gasteiger partial charge < -0.3 is 4.98 Å². The van der Waals surface area contributed by atoms with E-state index in [2.05, 4.69) is 35.8 Å². The van der Waals surface area contributed by atoms with Gasteiger partial charge in [0.1, 0.15) is 11.0 Å². The second kappa shape index (κ2) is 8.28. The van der Waals surface area contributed by atoms with Gasteiger partial charge in [-0.05, 0) is 17.2 Å². The van der Waals surface area contributed by atoms with E-state index in [1.165, 1.54) is 0 Å². The molecule has 2 heterocycles. The molecule has 0 atom stereocenters. The van der Waals surface area contributed by atoms with E-state index in [9.17, 15) is 4.79 Å². The minimum Gasteiger partial charge on any atom is -0.349 e. The highest BCUT2D eigenvalue weighted by molar-refractivity contribution is 7.99. The number of fused-ring (bicyclic) bond motifs is 3. The number of hydrogen-bond donors (Lipinski definition) is 1. The molecule has 0 fully saturated rings. The van der Waals surface area contributed by atoms with Crippen molar-refractivity contribution < 1.29 is 0 Å². The number of aromatic amines is 1. The van der Waals surface area contributed by atoms with Crippen LogP contribution in [-0.4, -0.2) is 14.5 Å². The second-order valence-corrected chi connectivity index (χ2v) is 8.38. The fourth-order valence-electron chi connectivity index (χ4n) is 3.85. The Kier molecular flexibility index (Phi) is 5.18. The number of allylic oxidation sites excluding steroid dienone is 1. The van der Waals surface area contributed by atoms with Gasteiger partial charge in [-0.3, -0.25) is 9.36 Å². The molecule has 152 valence electrons. The Bertz CT molecular complexity index is 1380. The highest BCUT2D eigenvalue weighted by atomic mass is 32.2. The van der Waals surface area contributed by atoms with Crippen molar-refractivity contribution in [3.05, 3.63) is 119 Å². The van der Waals surface area contributed by atoms with E-state index in [-0.39, 0.29) is 10.8 Å². The Hall–Kier alpha value is -3.57. The van der Waals surface area contributed by atoms with Gasteiger partial charge in [-0.25, -0.2) is 4.98 Å². The molecule has 0 aliphatic rings. The number of H-pyrrole nitrogens is 1. The zero-order valence-corrected chi connectivity index (χ0v) is 17.7. The van der Waals surface area contributed by atoms with Crippen LogP contribution in [0.15, 0.2) is 108 Å². The standard InChI is InChI=1S/C26H21N3OS/c1-2-17-29-25(30)23-22(20-15-9-10-16-21(20)27-23)28-26(29)31-24(18-11-5-3-6-12-18)19-13-7-4-8-14-19/h2-16,24,27H,1,17H2. The van der Waals surface area contributed by atoms with Crippen molar-refractivity contribution in [2.75, 3.05) is 0 Å². The number of aromatic nitrogens is 3. The molecule has 31 heavy (non-hydrogen) atoms. The zero-order valence-electron chi connectivity index (χ0n) is 16.9. The number of thioether (sulfide) groups is 1. The summed E-state index contributed by atoms with van der Waals surface area (Å²) in [5, 5.41) is 1.64. The molecular weight excluding hydrogens is 402 g/mol. The molecule has 0 aliphatic heterocycles. The number of nitrogens with zero attached hydrogens (tertiary/aromatic N) is 2. The van der Waals surface area contributed by atoms with Gasteiger partial charge in [-0.15, -0.1) is 6.58 Å². The SMILES string of the molecule is C=CCn1c(SC(c2ccccc2)c2ccccc2)nc2c([nH]c3ccccc32)c1=O. The van der Waals surface area contributed by atoms with E-state index in [1.807, 2.05) is 60.7 Å². The number of para-hydroxylation sites is 1. The van der Waals surface area contributed by atoms with E-state index in [4.69, 9.17) is 4.98 Å². The van der Waals surface area contributed by atoms with Gasteiger partial charge in [0.05, 0.1) is 5.25 Å². The second-order valence-electron chi connectivity index (χ2n) is 7.31. The molecule has 0 saturated carbocycles. The first-order chi connectivity index (χ1) is 15.3. The minimum atomic E-state index is -0.0801. The summed E-state index contributed by atoms with van der Waals surface area (Å²) in [5.41, 5.74) is 4.40. The smallest absolute Gasteiger partial charge is 0.278 e. The summed E-state index contributed by atoms with van der Waals surface area (Å²) in [5.74, 6) is 0. The molecule has 2 aromatic heterocycles. The van der Waals surface area contributed by atoms with E-state index < -0.39 is 0 Å². The van der Waals surface area contributed by atoms with Gasteiger partial charge in [-0.2, -0.15) is 0 Å². The van der Waals surface area contributed by atoms with Crippen LogP contribution in [0.4, 0.5) is 0 Å². The van der Waals surface area contributed by atoms with Crippen molar-refractivity contribution in [1.82, 2.24) is 14.5 Å². The summed E-state index contributed by atoms with van der Waals surface area (Å²) in [7, 11) is 0. The molecule has 5 heteroatoms. The van der Waals surface area contributed by atoms with Gasteiger partial charge in [0, 0.05) is 17.4 Å². The van der Waals surface area contributed by atoms with Crippen LogP contribution in [0.2, 0.25) is 0 Å². The molecule has 3 aromatic carbocycles. The highest BCUT2D eigenvalue weighted by Crippen LogP contribution is 2.40. The molecule has 0 unspecified atom stereocenters. The Morgan fingerprint density at radius 3 is 2.19 bits per heavy atom. The van der Waals surface area contributed by atoms with Crippen molar-refractivity contribution in [1.29, 1.82) is 0 Å². The maximum Gasteiger partial charge on any atom is 0.278 e. The predicted molar refractivity (Wildman–Crippen MR) is 129 cm³/mol. The van der Waals surface area contributed by atoms with Crippen LogP contribution in [0.25, 0.3) is 21.9 Å². The van der Waals surface area contributed by atoms with Crippen LogP contribution in [0.5, 0.6) is 0 Å². The van der Waals surface area contributed by atoms with Crippen molar-refractivity contribution in [2.45, 2.75) is 17.0 Å². The summed E-state index contributed by atoms with van der Waals surface area (Å²) in [4.78, 5) is 21.6. The molecule has 5 aromatic rings. The summed E-state index contributed by atoms with van der Waals surface area (Å²) in [6.07, 6.45) is 1.74. The van der Waals surface area contributed by atoms with Gasteiger partial charge in [-0.1, -0.05) is 96.7 Å². The molecule has 0 bridgehead atoms. The fourth-order valence-corrected chi connectivity index (χ4v) is 5.07. The quantitative estimate of drug-likeness (QED) is 0.209. The van der Waals surface area contributed by atoms with Crippen LogP contribution < -0.4 is 5.56 Å². The molecule has 0 aliphatic carbocycles. The summed E-state index contributed by atoms with van der Waals surface area (Å²) in [6.45, 7) is 4.25. The topological polar surface area (TPSA) is 50.7 Å².